The van der Waals surface area contributed by atoms with E-state index < -0.39 is 5.91 Å². The maximum atomic E-state index is 12.8. The van der Waals surface area contributed by atoms with Gasteiger partial charge in [-0.15, -0.1) is 0 Å². The maximum Gasteiger partial charge on any atom is 0.306 e. The topological polar surface area (TPSA) is 73.4 Å². The molecular formula is C17H14FN2O3+. The van der Waals surface area contributed by atoms with Crippen LogP contribution in [0.15, 0.2) is 54.7 Å². The van der Waals surface area contributed by atoms with Crippen molar-refractivity contribution in [3.05, 3.63) is 71.7 Å². The van der Waals surface area contributed by atoms with E-state index in [1.54, 1.807) is 30.3 Å². The van der Waals surface area contributed by atoms with Crippen LogP contribution in [-0.4, -0.2) is 16.2 Å². The highest BCUT2D eigenvalue weighted by molar-refractivity contribution is 6.01. The Hall–Kier alpha value is -3.15. The van der Waals surface area contributed by atoms with Crippen LogP contribution in [0, 0.1) is 5.82 Å². The van der Waals surface area contributed by atoms with Gasteiger partial charge in [0.25, 0.3) is 5.91 Å². The lowest BCUT2D eigenvalue weighted by Crippen LogP contribution is -2.30. The molecule has 5 nitrogen and oxygen atoms in total. The molecule has 3 N–H and O–H groups in total. The summed E-state index contributed by atoms with van der Waals surface area (Å²) in [5.41, 5.74) is 0.938. The minimum absolute atomic E-state index is 0.0496. The average molecular weight is 313 g/mol. The zero-order valence-electron chi connectivity index (χ0n) is 12.0. The molecule has 0 unspecified atom stereocenters. The minimum Gasteiger partial charge on any atom is -0.502 e. The zero-order valence-corrected chi connectivity index (χ0v) is 12.0. The van der Waals surface area contributed by atoms with E-state index in [1.807, 2.05) is 0 Å². The van der Waals surface area contributed by atoms with Gasteiger partial charge in [-0.3, -0.25) is 10.0 Å². The summed E-state index contributed by atoms with van der Waals surface area (Å²) < 4.78 is 13.6. The fourth-order valence-electron chi connectivity index (χ4n) is 2.34. The van der Waals surface area contributed by atoms with Gasteiger partial charge in [0.1, 0.15) is 5.82 Å². The first-order valence-corrected chi connectivity index (χ1v) is 6.94. The maximum absolute atomic E-state index is 12.8. The van der Waals surface area contributed by atoms with Crippen molar-refractivity contribution in [3.63, 3.8) is 0 Å². The fraction of sp³-hybridized carbons (Fsp3) is 0.0588. The predicted octanol–water partition coefficient (Wildman–Crippen LogP) is 2.14. The molecule has 23 heavy (non-hydrogen) atoms. The number of carbonyl (C=O) groups excluding carboxylic acids is 1. The third kappa shape index (κ3) is 2.91. The minimum atomic E-state index is -0.488. The van der Waals surface area contributed by atoms with Crippen LogP contribution in [0.4, 0.5) is 4.39 Å². The molecule has 3 aromatic rings. The Kier molecular flexibility index (Phi) is 3.80. The molecular weight excluding hydrogens is 299 g/mol. The lowest BCUT2D eigenvalue weighted by Gasteiger charge is -2.07. The van der Waals surface area contributed by atoms with Crippen molar-refractivity contribution in [1.82, 2.24) is 5.32 Å². The van der Waals surface area contributed by atoms with Gasteiger partial charge >= 0.3 is 5.52 Å². The number of hydrogen-bond donors (Lipinski definition) is 3. The van der Waals surface area contributed by atoms with Gasteiger partial charge in [-0.1, -0.05) is 12.1 Å². The number of hydrogen-bond acceptors (Lipinski definition) is 3. The van der Waals surface area contributed by atoms with E-state index in [9.17, 15) is 19.5 Å². The number of nitrogens with zero attached hydrogens (tertiary/aromatic N) is 1. The second kappa shape index (κ2) is 5.92. The molecule has 0 aliphatic heterocycles. The lowest BCUT2D eigenvalue weighted by atomic mass is 10.1. The molecule has 0 aliphatic carbocycles. The molecule has 0 atom stereocenters. The van der Waals surface area contributed by atoms with Crippen LogP contribution >= 0.6 is 0 Å². The molecule has 0 radical (unpaired) electrons. The van der Waals surface area contributed by atoms with Crippen molar-refractivity contribution in [2.75, 3.05) is 0 Å². The van der Waals surface area contributed by atoms with E-state index in [0.717, 1.165) is 10.3 Å². The first-order chi connectivity index (χ1) is 11.1. The largest absolute Gasteiger partial charge is 0.502 e. The number of carbonyl (C=O) groups is 1. The number of amides is 1. The van der Waals surface area contributed by atoms with Crippen LogP contribution in [0.25, 0.3) is 10.9 Å². The van der Waals surface area contributed by atoms with Gasteiger partial charge in [0.15, 0.2) is 0 Å². The molecule has 0 saturated carbocycles. The molecule has 0 fully saturated rings. The first kappa shape index (κ1) is 14.8. The number of halogens is 1. The van der Waals surface area contributed by atoms with Gasteiger partial charge in [0.2, 0.25) is 11.9 Å². The van der Waals surface area contributed by atoms with Gasteiger partial charge in [0.05, 0.1) is 10.9 Å². The number of aromatic nitrogens is 1. The van der Waals surface area contributed by atoms with Crippen LogP contribution in [0.2, 0.25) is 0 Å². The van der Waals surface area contributed by atoms with E-state index >= 15 is 0 Å². The number of aromatic hydroxyl groups is 1. The number of phenolic OH excluding ortho intramolecular Hbond substituents is 1. The molecule has 1 amide bonds. The molecule has 0 bridgehead atoms. The second-order valence-corrected chi connectivity index (χ2v) is 5.06. The van der Waals surface area contributed by atoms with Gasteiger partial charge in [-0.05, 0) is 35.9 Å². The van der Waals surface area contributed by atoms with Gasteiger partial charge in [0, 0.05) is 17.3 Å². The second-order valence-electron chi connectivity index (χ2n) is 5.06. The lowest BCUT2D eigenvalue weighted by molar-refractivity contribution is -0.884. The number of benzene rings is 2. The van der Waals surface area contributed by atoms with Gasteiger partial charge in [-0.2, -0.15) is 0 Å². The summed E-state index contributed by atoms with van der Waals surface area (Å²) in [5, 5.41) is 23.3. The number of fused-ring (bicyclic) bond motifs is 1. The highest BCUT2D eigenvalue weighted by Crippen LogP contribution is 2.25. The fourth-order valence-corrected chi connectivity index (χ4v) is 2.34. The highest BCUT2D eigenvalue weighted by Gasteiger charge is 2.20. The van der Waals surface area contributed by atoms with E-state index in [1.165, 1.54) is 24.4 Å². The smallest absolute Gasteiger partial charge is 0.306 e. The number of phenols is 1. The third-order valence-electron chi connectivity index (χ3n) is 3.53. The van der Waals surface area contributed by atoms with Gasteiger partial charge in [-0.25, -0.2) is 4.39 Å². The van der Waals surface area contributed by atoms with Crippen LogP contribution < -0.4 is 10.0 Å². The first-order valence-electron chi connectivity index (χ1n) is 6.94. The van der Waals surface area contributed by atoms with E-state index in [4.69, 9.17) is 0 Å². The Morgan fingerprint density at radius 1 is 1.13 bits per heavy atom. The van der Waals surface area contributed by atoms with Crippen molar-refractivity contribution in [1.29, 1.82) is 0 Å². The third-order valence-corrected chi connectivity index (χ3v) is 3.53. The summed E-state index contributed by atoms with van der Waals surface area (Å²) in [6, 6.07) is 12.2. The summed E-state index contributed by atoms with van der Waals surface area (Å²) >= 11 is 0. The predicted molar refractivity (Wildman–Crippen MR) is 80.6 cm³/mol. The van der Waals surface area contributed by atoms with Crippen molar-refractivity contribution in [2.24, 2.45) is 0 Å². The summed E-state index contributed by atoms with van der Waals surface area (Å²) in [5.74, 6) is -1.14. The Morgan fingerprint density at radius 2 is 1.87 bits per heavy atom. The van der Waals surface area contributed by atoms with Crippen LogP contribution in [-0.2, 0) is 6.54 Å². The Morgan fingerprint density at radius 3 is 2.61 bits per heavy atom. The van der Waals surface area contributed by atoms with Crippen molar-refractivity contribution in [2.45, 2.75) is 6.54 Å². The molecule has 1 aromatic heterocycles. The van der Waals surface area contributed by atoms with Crippen molar-refractivity contribution in [3.8, 4) is 5.75 Å². The summed E-state index contributed by atoms with van der Waals surface area (Å²) in [4.78, 5) is 12.2. The molecule has 0 saturated heterocycles. The Bertz CT molecular complexity index is 879. The van der Waals surface area contributed by atoms with Crippen LogP contribution in [0.3, 0.4) is 0 Å². The van der Waals surface area contributed by atoms with Crippen LogP contribution in [0.5, 0.6) is 5.75 Å². The Balaban J connectivity index is 1.85. The number of nitrogens with one attached hydrogen (secondary N) is 1. The summed E-state index contributed by atoms with van der Waals surface area (Å²) in [7, 11) is 0. The zero-order chi connectivity index (χ0) is 16.4. The molecule has 0 spiro atoms. The molecule has 2 aromatic carbocycles. The van der Waals surface area contributed by atoms with E-state index in [-0.39, 0.29) is 29.2 Å². The summed E-state index contributed by atoms with van der Waals surface area (Å²) in [6.07, 6.45) is 1.36. The van der Waals surface area contributed by atoms with Gasteiger partial charge < -0.3 is 10.4 Å². The molecule has 0 aliphatic rings. The van der Waals surface area contributed by atoms with Crippen molar-refractivity contribution >= 4 is 16.8 Å². The van der Waals surface area contributed by atoms with Crippen molar-refractivity contribution < 1.29 is 24.2 Å². The SMILES string of the molecule is O=C(NCc1ccc(F)cc1)c1ccc2ccc[n+](O)c2c1O. The number of rotatable bonds is 3. The monoisotopic (exact) mass is 313 g/mol. The molecule has 3 rings (SSSR count). The molecule has 1 heterocycles. The summed E-state index contributed by atoms with van der Waals surface area (Å²) in [6.45, 7) is 0.199. The molecule has 6 heteroatoms. The molecule has 116 valence electrons. The number of pyridine rings is 1. The normalized spacial score (nSPS) is 10.7. The highest BCUT2D eigenvalue weighted by atomic mass is 19.1. The standard InChI is InChI=1S/C17H13FN2O3/c18-13-6-3-11(4-7-13)10-19-17(22)14-8-5-12-2-1-9-20(23)15(12)16(14)21/h1-9H,10H2,(H2-,19,21,22,23)/p+1. The Labute approximate surface area is 131 Å². The average Bonchev–Trinajstić information content (AvgIpc) is 2.54. The van der Waals surface area contributed by atoms with E-state index in [0.29, 0.717) is 5.39 Å². The van der Waals surface area contributed by atoms with Crippen LogP contribution in [0.1, 0.15) is 15.9 Å². The van der Waals surface area contributed by atoms with E-state index in [2.05, 4.69) is 5.32 Å². The quantitative estimate of drug-likeness (QED) is 0.512.